The summed E-state index contributed by atoms with van der Waals surface area (Å²) >= 11 is 0. The van der Waals surface area contributed by atoms with Gasteiger partial charge in [0.15, 0.2) is 5.75 Å². The molecule has 6 heteroatoms. The summed E-state index contributed by atoms with van der Waals surface area (Å²) < 4.78 is 5.68. The molecule has 0 fully saturated rings. The predicted molar refractivity (Wildman–Crippen MR) is 118 cm³/mol. The molecule has 2 aromatic carbocycles. The molecule has 0 unspecified atom stereocenters. The monoisotopic (exact) mass is 413 g/mol. The number of carboxylic acids is 1. The first-order valence-corrected chi connectivity index (χ1v) is 10.8. The minimum atomic E-state index is -1.01. The topological polar surface area (TPSA) is 89.7 Å². The van der Waals surface area contributed by atoms with Crippen LogP contribution in [0.15, 0.2) is 42.5 Å². The Hall–Kier alpha value is -2.89. The number of hydrogen-bond acceptors (Lipinski definition) is 4. The van der Waals surface area contributed by atoms with Gasteiger partial charge in [-0.15, -0.1) is 0 Å². The van der Waals surface area contributed by atoms with Gasteiger partial charge in [-0.2, -0.15) is 0 Å². The normalized spacial score (nSPS) is 10.7. The zero-order chi connectivity index (χ0) is 21.8. The molecule has 0 aliphatic rings. The molecule has 0 atom stereocenters. The Bertz CT molecular complexity index is 817. The van der Waals surface area contributed by atoms with Crippen LogP contribution in [-0.2, 0) is 0 Å². The zero-order valence-electron chi connectivity index (χ0n) is 17.6. The molecule has 0 amide bonds. The molecule has 162 valence electrons. The van der Waals surface area contributed by atoms with Gasteiger partial charge in [-0.1, -0.05) is 76.5 Å². The van der Waals surface area contributed by atoms with Gasteiger partial charge in [0.25, 0.3) is 0 Å². The third-order valence-electron chi connectivity index (χ3n) is 5.13. The molecule has 6 nitrogen and oxygen atoms in total. The van der Waals surface area contributed by atoms with Crippen molar-refractivity contribution in [2.24, 2.45) is 0 Å². The number of carboxylic acid groups (broad SMARTS) is 1. The third kappa shape index (κ3) is 7.50. The first kappa shape index (κ1) is 23.4. The summed E-state index contributed by atoms with van der Waals surface area (Å²) in [6, 6.07) is 11.1. The fraction of sp³-hybridized carbons (Fsp3) is 0.458. The quantitative estimate of drug-likeness (QED) is 0.207. The van der Waals surface area contributed by atoms with Crippen LogP contribution < -0.4 is 4.74 Å². The van der Waals surface area contributed by atoms with Crippen molar-refractivity contribution in [2.75, 3.05) is 6.61 Å². The van der Waals surface area contributed by atoms with Gasteiger partial charge < -0.3 is 9.84 Å². The molecular weight excluding hydrogens is 382 g/mol. The lowest BCUT2D eigenvalue weighted by Gasteiger charge is -2.09. The highest BCUT2D eigenvalue weighted by Gasteiger charge is 2.17. The van der Waals surface area contributed by atoms with Crippen molar-refractivity contribution < 1.29 is 19.6 Å². The second-order valence-corrected chi connectivity index (χ2v) is 7.50. The van der Waals surface area contributed by atoms with Gasteiger partial charge in [-0.3, -0.25) is 10.1 Å². The lowest BCUT2D eigenvalue weighted by Crippen LogP contribution is -2.01. The van der Waals surface area contributed by atoms with E-state index >= 15 is 0 Å². The number of aromatic carboxylic acids is 1. The average Bonchev–Trinajstić information content (AvgIpc) is 2.75. The Morgan fingerprint density at radius 3 is 2.03 bits per heavy atom. The van der Waals surface area contributed by atoms with Gasteiger partial charge in [0.05, 0.1) is 17.1 Å². The van der Waals surface area contributed by atoms with Gasteiger partial charge in [0, 0.05) is 6.07 Å². The number of nitrogens with zero attached hydrogens (tertiary/aromatic N) is 1. The van der Waals surface area contributed by atoms with E-state index in [9.17, 15) is 14.9 Å². The fourth-order valence-electron chi connectivity index (χ4n) is 3.36. The number of nitro groups is 1. The SMILES string of the molecule is CCCCCCCCCCCOc1ccc(-c2ccc(C(=O)O)cc2)cc1[N+](=O)[O-]. The summed E-state index contributed by atoms with van der Waals surface area (Å²) in [6.45, 7) is 2.68. The number of rotatable bonds is 14. The number of ether oxygens (including phenoxy) is 1. The summed E-state index contributed by atoms with van der Waals surface area (Å²) in [4.78, 5) is 22.0. The van der Waals surface area contributed by atoms with Crippen LogP contribution in [0, 0.1) is 10.1 Å². The number of unbranched alkanes of at least 4 members (excludes halogenated alkanes) is 8. The molecule has 2 aromatic rings. The molecule has 0 saturated heterocycles. The summed E-state index contributed by atoms with van der Waals surface area (Å²) in [5.41, 5.74) is 1.46. The number of hydrogen-bond donors (Lipinski definition) is 1. The maximum atomic E-state index is 11.5. The second-order valence-electron chi connectivity index (χ2n) is 7.50. The van der Waals surface area contributed by atoms with Crippen LogP contribution >= 0.6 is 0 Å². The predicted octanol–water partition coefficient (Wildman–Crippen LogP) is 6.87. The molecule has 0 spiro atoms. The van der Waals surface area contributed by atoms with Crippen molar-refractivity contribution in [2.45, 2.75) is 64.7 Å². The standard InChI is InChI=1S/C24H31NO5/c1-2-3-4-5-6-7-8-9-10-17-30-23-16-15-21(18-22(23)25(28)29)19-11-13-20(14-12-19)24(26)27/h11-16,18H,2-10,17H2,1H3,(H,26,27). The first-order chi connectivity index (χ1) is 14.5. The van der Waals surface area contributed by atoms with Crippen molar-refractivity contribution in [1.82, 2.24) is 0 Å². The van der Waals surface area contributed by atoms with E-state index in [1.165, 1.54) is 63.1 Å². The molecule has 0 bridgehead atoms. The van der Waals surface area contributed by atoms with Crippen molar-refractivity contribution in [3.8, 4) is 16.9 Å². The molecule has 2 rings (SSSR count). The number of carbonyl (C=O) groups is 1. The average molecular weight is 414 g/mol. The highest BCUT2D eigenvalue weighted by molar-refractivity contribution is 5.88. The fourth-order valence-corrected chi connectivity index (χ4v) is 3.36. The van der Waals surface area contributed by atoms with E-state index in [4.69, 9.17) is 9.84 Å². The molecule has 0 saturated carbocycles. The molecule has 0 heterocycles. The molecule has 0 radical (unpaired) electrons. The minimum absolute atomic E-state index is 0.0780. The molecule has 0 aliphatic heterocycles. The van der Waals surface area contributed by atoms with Gasteiger partial charge in [0.2, 0.25) is 0 Å². The summed E-state index contributed by atoms with van der Waals surface area (Å²) in [6.07, 6.45) is 10.8. The largest absolute Gasteiger partial charge is 0.487 e. The van der Waals surface area contributed by atoms with Crippen LogP contribution in [0.2, 0.25) is 0 Å². The van der Waals surface area contributed by atoms with Gasteiger partial charge in [-0.25, -0.2) is 4.79 Å². The van der Waals surface area contributed by atoms with Crippen LogP contribution in [0.1, 0.15) is 75.1 Å². The molecular formula is C24H31NO5. The Morgan fingerprint density at radius 2 is 1.47 bits per heavy atom. The number of benzene rings is 2. The van der Waals surface area contributed by atoms with E-state index in [0.717, 1.165) is 12.8 Å². The van der Waals surface area contributed by atoms with Crippen LogP contribution in [-0.4, -0.2) is 22.6 Å². The van der Waals surface area contributed by atoms with Gasteiger partial charge in [0.1, 0.15) is 0 Å². The van der Waals surface area contributed by atoms with E-state index < -0.39 is 10.9 Å². The van der Waals surface area contributed by atoms with Gasteiger partial charge >= 0.3 is 11.7 Å². The molecule has 30 heavy (non-hydrogen) atoms. The summed E-state index contributed by atoms with van der Waals surface area (Å²) in [5.74, 6) is -0.738. The Labute approximate surface area is 178 Å². The summed E-state index contributed by atoms with van der Waals surface area (Å²) in [7, 11) is 0. The van der Waals surface area contributed by atoms with Crippen molar-refractivity contribution in [3.63, 3.8) is 0 Å². The van der Waals surface area contributed by atoms with Crippen LogP contribution in [0.25, 0.3) is 11.1 Å². The summed E-state index contributed by atoms with van der Waals surface area (Å²) in [5, 5.41) is 20.5. The Kier molecular flexibility index (Phi) is 9.84. The maximum absolute atomic E-state index is 11.5. The first-order valence-electron chi connectivity index (χ1n) is 10.8. The van der Waals surface area contributed by atoms with Crippen molar-refractivity contribution in [1.29, 1.82) is 0 Å². The lowest BCUT2D eigenvalue weighted by molar-refractivity contribution is -0.385. The van der Waals surface area contributed by atoms with Crippen LogP contribution in [0.3, 0.4) is 0 Å². The van der Waals surface area contributed by atoms with Crippen LogP contribution in [0.4, 0.5) is 5.69 Å². The maximum Gasteiger partial charge on any atom is 0.335 e. The van der Waals surface area contributed by atoms with E-state index in [-0.39, 0.29) is 17.0 Å². The lowest BCUT2D eigenvalue weighted by atomic mass is 10.0. The Morgan fingerprint density at radius 1 is 0.900 bits per heavy atom. The van der Waals surface area contributed by atoms with Crippen LogP contribution in [0.5, 0.6) is 5.75 Å². The van der Waals surface area contributed by atoms with E-state index in [2.05, 4.69) is 6.92 Å². The highest BCUT2D eigenvalue weighted by Crippen LogP contribution is 2.32. The second kappa shape index (κ2) is 12.6. The highest BCUT2D eigenvalue weighted by atomic mass is 16.6. The van der Waals surface area contributed by atoms with Crippen molar-refractivity contribution in [3.05, 3.63) is 58.1 Å². The molecule has 0 aromatic heterocycles. The third-order valence-corrected chi connectivity index (χ3v) is 5.13. The van der Waals surface area contributed by atoms with Crippen molar-refractivity contribution >= 4 is 11.7 Å². The molecule has 1 N–H and O–H groups in total. The van der Waals surface area contributed by atoms with Gasteiger partial charge in [-0.05, 0) is 35.7 Å². The minimum Gasteiger partial charge on any atom is -0.487 e. The van der Waals surface area contributed by atoms with E-state index in [1.807, 2.05) is 0 Å². The molecule has 0 aliphatic carbocycles. The van der Waals surface area contributed by atoms with E-state index in [0.29, 0.717) is 17.7 Å². The number of nitro benzene ring substituents is 1. The smallest absolute Gasteiger partial charge is 0.335 e. The Balaban J connectivity index is 1.85. The zero-order valence-corrected chi connectivity index (χ0v) is 17.6. The van der Waals surface area contributed by atoms with E-state index in [1.54, 1.807) is 24.3 Å².